The molecule has 0 aliphatic carbocycles. The highest BCUT2D eigenvalue weighted by Gasteiger charge is 2.15. The molecule has 1 heterocycles. The van der Waals surface area contributed by atoms with Crippen LogP contribution in [0.15, 0.2) is 18.2 Å². The molecule has 1 nitrogen and oxygen atoms in total. The van der Waals surface area contributed by atoms with E-state index >= 15 is 0 Å². The van der Waals surface area contributed by atoms with Crippen molar-refractivity contribution < 1.29 is 0 Å². The zero-order chi connectivity index (χ0) is 10.8. The van der Waals surface area contributed by atoms with Gasteiger partial charge in [0.2, 0.25) is 0 Å². The van der Waals surface area contributed by atoms with Gasteiger partial charge in [-0.3, -0.25) is 4.98 Å². The number of rotatable bonds is 1. The molecule has 1 aromatic rings. The van der Waals surface area contributed by atoms with E-state index in [0.717, 1.165) is 11.4 Å². The second kappa shape index (κ2) is 3.95. The molecule has 1 heteroatoms. The molecule has 0 spiro atoms. The van der Waals surface area contributed by atoms with Gasteiger partial charge in [-0.1, -0.05) is 39.0 Å². The SMILES string of the molecule is C/C=C\c1ccc(C(C)(C)C)nc1C. The molecule has 0 saturated carbocycles. The fraction of sp³-hybridized carbons (Fsp3) is 0.462. The molecule has 0 N–H and O–H groups in total. The van der Waals surface area contributed by atoms with E-state index in [0.29, 0.717) is 0 Å². The highest BCUT2D eigenvalue weighted by atomic mass is 14.7. The molecule has 0 fully saturated rings. The molecule has 0 aliphatic heterocycles. The Hall–Kier alpha value is -1.11. The third kappa shape index (κ3) is 2.44. The lowest BCUT2D eigenvalue weighted by molar-refractivity contribution is 0.567. The van der Waals surface area contributed by atoms with Crippen LogP contribution in [0.5, 0.6) is 0 Å². The fourth-order valence-corrected chi connectivity index (χ4v) is 1.35. The molecule has 0 saturated heterocycles. The minimum atomic E-state index is 0.138. The molecule has 0 amide bonds. The van der Waals surface area contributed by atoms with Crippen molar-refractivity contribution in [3.63, 3.8) is 0 Å². The Balaban J connectivity index is 3.13. The number of aryl methyl sites for hydroxylation is 1. The maximum absolute atomic E-state index is 4.61. The van der Waals surface area contributed by atoms with Gasteiger partial charge in [-0.25, -0.2) is 0 Å². The van der Waals surface area contributed by atoms with Crippen LogP contribution in [0.4, 0.5) is 0 Å². The second-order valence-electron chi connectivity index (χ2n) is 4.62. The van der Waals surface area contributed by atoms with Crippen LogP contribution in [0.25, 0.3) is 6.08 Å². The van der Waals surface area contributed by atoms with E-state index in [4.69, 9.17) is 0 Å². The molecule has 0 aromatic carbocycles. The van der Waals surface area contributed by atoms with Gasteiger partial charge in [-0.05, 0) is 25.5 Å². The fourth-order valence-electron chi connectivity index (χ4n) is 1.35. The van der Waals surface area contributed by atoms with Crippen LogP contribution in [-0.2, 0) is 5.41 Å². The Labute approximate surface area is 86.9 Å². The van der Waals surface area contributed by atoms with Crippen LogP contribution >= 0.6 is 0 Å². The lowest BCUT2D eigenvalue weighted by Crippen LogP contribution is -2.14. The van der Waals surface area contributed by atoms with Gasteiger partial charge >= 0.3 is 0 Å². The normalized spacial score (nSPS) is 12.4. The van der Waals surface area contributed by atoms with E-state index in [1.54, 1.807) is 0 Å². The second-order valence-corrected chi connectivity index (χ2v) is 4.62. The standard InChI is InChI=1S/C13H19N/c1-6-7-11-8-9-12(13(3,4)5)14-10(11)2/h6-9H,1-5H3/b7-6-. The number of hydrogen-bond acceptors (Lipinski definition) is 1. The third-order valence-corrected chi connectivity index (χ3v) is 2.24. The first kappa shape index (κ1) is 11.0. The summed E-state index contributed by atoms with van der Waals surface area (Å²) in [5, 5.41) is 0. The predicted octanol–water partition coefficient (Wildman–Crippen LogP) is 3.72. The Bertz CT molecular complexity index is 343. The van der Waals surface area contributed by atoms with E-state index in [1.165, 1.54) is 5.56 Å². The average molecular weight is 189 g/mol. The van der Waals surface area contributed by atoms with Crippen LogP contribution in [0.3, 0.4) is 0 Å². The van der Waals surface area contributed by atoms with Crippen molar-refractivity contribution >= 4 is 6.08 Å². The summed E-state index contributed by atoms with van der Waals surface area (Å²) < 4.78 is 0. The molecule has 0 atom stereocenters. The van der Waals surface area contributed by atoms with Gasteiger partial charge in [0, 0.05) is 16.8 Å². The van der Waals surface area contributed by atoms with Gasteiger partial charge in [0.15, 0.2) is 0 Å². The smallest absolute Gasteiger partial charge is 0.0460 e. The van der Waals surface area contributed by atoms with Crippen LogP contribution in [0.2, 0.25) is 0 Å². The lowest BCUT2D eigenvalue weighted by atomic mass is 9.91. The van der Waals surface area contributed by atoms with Gasteiger partial charge in [-0.15, -0.1) is 0 Å². The number of pyridine rings is 1. The minimum Gasteiger partial charge on any atom is -0.257 e. The third-order valence-electron chi connectivity index (χ3n) is 2.24. The molecule has 76 valence electrons. The van der Waals surface area contributed by atoms with E-state index in [9.17, 15) is 0 Å². The Morgan fingerprint density at radius 2 is 1.86 bits per heavy atom. The number of hydrogen-bond donors (Lipinski definition) is 0. The van der Waals surface area contributed by atoms with Gasteiger partial charge in [-0.2, -0.15) is 0 Å². The monoisotopic (exact) mass is 189 g/mol. The summed E-state index contributed by atoms with van der Waals surface area (Å²) in [4.78, 5) is 4.61. The van der Waals surface area contributed by atoms with Gasteiger partial charge < -0.3 is 0 Å². The highest BCUT2D eigenvalue weighted by Crippen LogP contribution is 2.21. The number of allylic oxidation sites excluding steroid dienone is 1. The Kier molecular flexibility index (Phi) is 3.10. The van der Waals surface area contributed by atoms with Crippen molar-refractivity contribution in [2.75, 3.05) is 0 Å². The van der Waals surface area contributed by atoms with Gasteiger partial charge in [0.1, 0.15) is 0 Å². The van der Waals surface area contributed by atoms with Crippen molar-refractivity contribution in [1.29, 1.82) is 0 Å². The molecule has 0 aliphatic rings. The van der Waals surface area contributed by atoms with E-state index in [-0.39, 0.29) is 5.41 Å². The molecular formula is C13H19N. The lowest BCUT2D eigenvalue weighted by Gasteiger charge is -2.18. The summed E-state index contributed by atoms with van der Waals surface area (Å²) >= 11 is 0. The molecule has 0 radical (unpaired) electrons. The van der Waals surface area contributed by atoms with Crippen LogP contribution in [0, 0.1) is 6.92 Å². The van der Waals surface area contributed by atoms with Crippen molar-refractivity contribution in [2.24, 2.45) is 0 Å². The topological polar surface area (TPSA) is 12.9 Å². The summed E-state index contributed by atoms with van der Waals surface area (Å²) in [7, 11) is 0. The highest BCUT2D eigenvalue weighted by molar-refractivity contribution is 5.51. The van der Waals surface area contributed by atoms with Crippen LogP contribution < -0.4 is 0 Å². The first-order valence-electron chi connectivity index (χ1n) is 5.06. The summed E-state index contributed by atoms with van der Waals surface area (Å²) in [5.41, 5.74) is 3.61. The van der Waals surface area contributed by atoms with Crippen molar-refractivity contribution in [3.8, 4) is 0 Å². The summed E-state index contributed by atoms with van der Waals surface area (Å²) in [5.74, 6) is 0. The first-order valence-corrected chi connectivity index (χ1v) is 5.06. The summed E-state index contributed by atoms with van der Waals surface area (Å²) in [6.07, 6.45) is 4.13. The van der Waals surface area contributed by atoms with Crippen LogP contribution in [0.1, 0.15) is 44.6 Å². The molecule has 1 aromatic heterocycles. The maximum Gasteiger partial charge on any atom is 0.0460 e. The molecule has 1 rings (SSSR count). The van der Waals surface area contributed by atoms with Crippen LogP contribution in [-0.4, -0.2) is 4.98 Å². The van der Waals surface area contributed by atoms with Crippen molar-refractivity contribution in [2.45, 2.75) is 40.0 Å². The minimum absolute atomic E-state index is 0.138. The van der Waals surface area contributed by atoms with E-state index < -0.39 is 0 Å². The Morgan fingerprint density at radius 3 is 2.29 bits per heavy atom. The predicted molar refractivity (Wildman–Crippen MR) is 62.4 cm³/mol. The van der Waals surface area contributed by atoms with E-state index in [1.807, 2.05) is 13.0 Å². The molecule has 0 bridgehead atoms. The van der Waals surface area contributed by atoms with Crippen molar-refractivity contribution in [1.82, 2.24) is 4.98 Å². The van der Waals surface area contributed by atoms with Gasteiger partial charge in [0.25, 0.3) is 0 Å². The largest absolute Gasteiger partial charge is 0.257 e. The number of aromatic nitrogens is 1. The summed E-state index contributed by atoms with van der Waals surface area (Å²) in [6.45, 7) is 10.6. The maximum atomic E-state index is 4.61. The Morgan fingerprint density at radius 1 is 1.21 bits per heavy atom. The van der Waals surface area contributed by atoms with Gasteiger partial charge in [0.05, 0.1) is 0 Å². The summed E-state index contributed by atoms with van der Waals surface area (Å²) in [6, 6.07) is 4.26. The zero-order valence-corrected chi connectivity index (χ0v) is 9.76. The van der Waals surface area contributed by atoms with E-state index in [2.05, 4.69) is 50.9 Å². The number of nitrogens with zero attached hydrogens (tertiary/aromatic N) is 1. The first-order chi connectivity index (χ1) is 6.45. The average Bonchev–Trinajstić information content (AvgIpc) is 2.07. The molecular weight excluding hydrogens is 170 g/mol. The zero-order valence-electron chi connectivity index (χ0n) is 9.76. The molecule has 0 unspecified atom stereocenters. The molecule has 14 heavy (non-hydrogen) atoms. The quantitative estimate of drug-likeness (QED) is 0.656. The van der Waals surface area contributed by atoms with Crippen molar-refractivity contribution in [3.05, 3.63) is 35.2 Å².